The number of rotatable bonds is 29. The fourth-order valence-electron chi connectivity index (χ4n) is 10.1. The van der Waals surface area contributed by atoms with E-state index in [0.717, 1.165) is 32.7 Å². The first-order valence-electron chi connectivity index (χ1n) is 27.7. The van der Waals surface area contributed by atoms with Crippen LogP contribution < -0.4 is 5.32 Å². The smallest absolute Gasteiger partial charge is 0.303 e. The van der Waals surface area contributed by atoms with E-state index in [-0.39, 0.29) is 55.7 Å². The molecule has 438 valence electrons. The first-order valence-corrected chi connectivity index (χ1v) is 29.1. The van der Waals surface area contributed by atoms with Crippen molar-refractivity contribution in [1.82, 2.24) is 10.2 Å². The summed E-state index contributed by atoms with van der Waals surface area (Å²) in [6.45, 7) is 2.98. The molecule has 2 aliphatic heterocycles. The van der Waals surface area contributed by atoms with Crippen LogP contribution in [0, 0.1) is 6.92 Å². The van der Waals surface area contributed by atoms with Gasteiger partial charge in [0.25, 0.3) is 21.9 Å². The fraction of sp³-hybridized carbons (Fsp3) is 0.303. The Morgan fingerprint density at radius 3 is 1.52 bits per heavy atom. The van der Waals surface area contributed by atoms with Crippen molar-refractivity contribution in [3.8, 4) is 0 Å². The van der Waals surface area contributed by atoms with E-state index in [1.807, 2.05) is 127 Å². The van der Waals surface area contributed by atoms with Gasteiger partial charge >= 0.3 is 5.97 Å². The Balaban J connectivity index is 1.20. The average Bonchev–Trinajstić information content (AvgIpc) is 3.81. The number of carbonyl (C=O) groups excluding carboxylic acids is 4. The number of nitrogens with zero attached hydrogens (tertiary/aromatic N) is 1. The zero-order valence-electron chi connectivity index (χ0n) is 46.9. The molecule has 9 rings (SSSR count). The van der Waals surface area contributed by atoms with Gasteiger partial charge in [0.05, 0.1) is 74.9 Å². The Morgan fingerprint density at radius 2 is 1.02 bits per heavy atom. The lowest BCUT2D eigenvalue weighted by molar-refractivity contribution is -0.317. The maximum Gasteiger partial charge on any atom is 0.303 e. The minimum Gasteiger partial charge on any atom is -0.457 e. The first-order chi connectivity index (χ1) is 40.8. The topological polar surface area (TPSA) is 201 Å². The molecule has 0 aromatic heterocycles. The number of amides is 3. The van der Waals surface area contributed by atoms with E-state index in [1.165, 1.54) is 38.1 Å². The SMILES string of the molecule is CC(=O)N[C@H]1[C@H](O[C@@H]([C@H](OCc2ccccc2)[C@H](COS(=O)(=O)c2ccc(C)cc2)N2C(=O)c3ccccc3C2=O)[C@@H](COCc2ccccc2)OC(C)=O)O[C@H](COCc2ccccc2)[C@@H](OCc2ccccc2)[C@@H]1OCc1ccccc1. The van der Waals surface area contributed by atoms with Gasteiger partial charge in [0.15, 0.2) is 12.4 Å². The number of imide groups is 1. The van der Waals surface area contributed by atoms with Gasteiger partial charge in [-0.3, -0.25) is 28.3 Å². The number of nitrogens with one attached hydrogen (secondary N) is 1. The van der Waals surface area contributed by atoms with Crippen LogP contribution in [-0.2, 0) is 94.8 Å². The van der Waals surface area contributed by atoms with Crippen molar-refractivity contribution in [3.63, 3.8) is 0 Å². The van der Waals surface area contributed by atoms with E-state index in [0.29, 0.717) is 5.56 Å². The van der Waals surface area contributed by atoms with Crippen LogP contribution >= 0.6 is 0 Å². The third-order valence-corrected chi connectivity index (χ3v) is 15.5. The molecule has 0 bridgehead atoms. The first kappa shape index (κ1) is 60.8. The molecular formula is C66H68N2O15S. The van der Waals surface area contributed by atoms with Crippen LogP contribution in [0.5, 0.6) is 0 Å². The predicted octanol–water partition coefficient (Wildman–Crippen LogP) is 9.10. The van der Waals surface area contributed by atoms with E-state index in [4.69, 9.17) is 42.1 Å². The van der Waals surface area contributed by atoms with Gasteiger partial charge in [-0.15, -0.1) is 0 Å². The lowest BCUT2D eigenvalue weighted by atomic mass is 9.94. The quantitative estimate of drug-likeness (QED) is 0.0264. The molecular weight excluding hydrogens is 1090 g/mol. The van der Waals surface area contributed by atoms with Crippen molar-refractivity contribution >= 4 is 33.8 Å². The second-order valence-electron chi connectivity index (χ2n) is 20.4. The molecule has 84 heavy (non-hydrogen) atoms. The van der Waals surface area contributed by atoms with Gasteiger partial charge in [0.2, 0.25) is 5.91 Å². The molecule has 3 amide bonds. The number of benzene rings is 7. The number of hydrogen-bond donors (Lipinski definition) is 1. The van der Waals surface area contributed by atoms with Crippen LogP contribution in [-0.4, -0.2) is 112 Å². The van der Waals surface area contributed by atoms with E-state index in [9.17, 15) is 27.6 Å². The van der Waals surface area contributed by atoms with Crippen LogP contribution in [0.1, 0.15) is 67.9 Å². The van der Waals surface area contributed by atoms with E-state index >= 15 is 0 Å². The summed E-state index contributed by atoms with van der Waals surface area (Å²) in [5.74, 6) is -2.88. The molecule has 7 aromatic carbocycles. The summed E-state index contributed by atoms with van der Waals surface area (Å²) in [5, 5.41) is 3.04. The summed E-state index contributed by atoms with van der Waals surface area (Å²) in [7, 11) is -4.64. The molecule has 2 aliphatic rings. The Hall–Kier alpha value is -7.75. The number of ether oxygens (including phenoxy) is 8. The van der Waals surface area contributed by atoms with E-state index < -0.39 is 102 Å². The monoisotopic (exact) mass is 1160 g/mol. The highest BCUT2D eigenvalue weighted by atomic mass is 32.2. The van der Waals surface area contributed by atoms with Crippen molar-refractivity contribution in [2.75, 3.05) is 19.8 Å². The molecule has 1 fully saturated rings. The molecule has 0 spiro atoms. The number of carbonyl (C=O) groups is 4. The zero-order chi connectivity index (χ0) is 58.8. The summed E-state index contributed by atoms with van der Waals surface area (Å²) in [6, 6.07) is 55.9. The van der Waals surface area contributed by atoms with Gasteiger partial charge in [-0.2, -0.15) is 8.42 Å². The Kier molecular flexibility index (Phi) is 21.5. The summed E-state index contributed by atoms with van der Waals surface area (Å²) in [4.78, 5) is 58.1. The molecule has 0 saturated carbocycles. The van der Waals surface area contributed by atoms with Crippen molar-refractivity contribution in [1.29, 1.82) is 0 Å². The van der Waals surface area contributed by atoms with Crippen LogP contribution in [0.4, 0.5) is 0 Å². The number of fused-ring (bicyclic) bond motifs is 1. The largest absolute Gasteiger partial charge is 0.457 e. The van der Waals surface area contributed by atoms with Gasteiger partial charge < -0.3 is 43.2 Å². The van der Waals surface area contributed by atoms with Gasteiger partial charge in [0, 0.05) is 13.8 Å². The van der Waals surface area contributed by atoms with Crippen LogP contribution in [0.2, 0.25) is 0 Å². The fourth-order valence-corrected chi connectivity index (χ4v) is 11.0. The molecule has 1 saturated heterocycles. The molecule has 9 atom stereocenters. The van der Waals surface area contributed by atoms with Crippen molar-refractivity contribution < 1.29 is 69.7 Å². The van der Waals surface area contributed by atoms with Gasteiger partial charge in [0.1, 0.15) is 36.6 Å². The third-order valence-electron chi connectivity index (χ3n) is 14.2. The molecule has 0 radical (unpaired) electrons. The molecule has 18 heteroatoms. The van der Waals surface area contributed by atoms with Gasteiger partial charge in [-0.05, 0) is 59.0 Å². The van der Waals surface area contributed by atoms with E-state index in [1.54, 1.807) is 55.5 Å². The Morgan fingerprint density at radius 1 is 0.560 bits per heavy atom. The lowest BCUT2D eigenvalue weighted by Gasteiger charge is -2.48. The number of aryl methyl sites for hydroxylation is 1. The van der Waals surface area contributed by atoms with E-state index in [2.05, 4.69) is 5.32 Å². The van der Waals surface area contributed by atoms with Crippen molar-refractivity contribution in [3.05, 3.63) is 245 Å². The highest BCUT2D eigenvalue weighted by molar-refractivity contribution is 7.86. The highest BCUT2D eigenvalue weighted by Crippen LogP contribution is 2.35. The van der Waals surface area contributed by atoms with Gasteiger partial charge in [-0.1, -0.05) is 181 Å². The second kappa shape index (κ2) is 29.7. The highest BCUT2D eigenvalue weighted by Gasteiger charge is 2.54. The normalized spacial score (nSPS) is 19.2. The number of hydrogen-bond acceptors (Lipinski definition) is 15. The summed E-state index contributed by atoms with van der Waals surface area (Å²) in [5.41, 5.74) is 4.75. The third kappa shape index (κ3) is 16.3. The summed E-state index contributed by atoms with van der Waals surface area (Å²) < 4.78 is 89.0. The molecule has 1 N–H and O–H groups in total. The minimum absolute atomic E-state index is 0.0196. The van der Waals surface area contributed by atoms with Crippen LogP contribution in [0.15, 0.2) is 205 Å². The average molecular weight is 1160 g/mol. The maximum atomic E-state index is 15.0. The summed E-state index contributed by atoms with van der Waals surface area (Å²) in [6.07, 6.45) is -9.60. The van der Waals surface area contributed by atoms with Crippen LogP contribution in [0.3, 0.4) is 0 Å². The predicted molar refractivity (Wildman–Crippen MR) is 309 cm³/mol. The molecule has 0 unspecified atom stereocenters. The maximum absolute atomic E-state index is 15.0. The Labute approximate surface area is 489 Å². The summed E-state index contributed by atoms with van der Waals surface area (Å²) >= 11 is 0. The molecule has 0 aliphatic carbocycles. The molecule has 2 heterocycles. The van der Waals surface area contributed by atoms with Crippen molar-refractivity contribution in [2.45, 2.75) is 114 Å². The molecule has 17 nitrogen and oxygen atoms in total. The van der Waals surface area contributed by atoms with Gasteiger partial charge in [-0.25, -0.2) is 0 Å². The number of esters is 1. The standard InChI is InChI=1S/C66H68N2O15S/c1-45-33-35-53(36-34-45)84(73,74)80-42-56(68-64(71)54-31-19-20-32-55(54)65(68)72)60(77-39-50-25-13-6-14-26-50)62(58(81-47(3)70)44-76-38-49-23-11-5-12-24-49)83-66-59(67-46(2)69)63(79-41-52-29-17-8-18-30-52)61(78-40-51-27-15-7-16-28-51)57(82-66)43-75-37-48-21-9-4-10-22-48/h4-36,56-63,66H,37-44H2,1-3H3,(H,67,69)/t56-,57+,58+,59+,60+,61+,62+,63+,66-/m0/s1. The van der Waals surface area contributed by atoms with Crippen LogP contribution in [0.25, 0.3) is 0 Å². The zero-order valence-corrected chi connectivity index (χ0v) is 47.7. The molecule has 7 aromatic rings. The Bertz CT molecular complexity index is 3310. The van der Waals surface area contributed by atoms with Crippen molar-refractivity contribution in [2.24, 2.45) is 0 Å². The minimum atomic E-state index is -4.64. The second-order valence-corrected chi connectivity index (χ2v) is 22.1. The lowest BCUT2D eigenvalue weighted by Crippen LogP contribution is -2.68.